The van der Waals surface area contributed by atoms with E-state index in [1.54, 1.807) is 12.1 Å². The molecule has 1 atom stereocenters. The van der Waals surface area contributed by atoms with E-state index in [4.69, 9.17) is 28.9 Å². The van der Waals surface area contributed by atoms with Crippen LogP contribution in [0.1, 0.15) is 24.8 Å². The van der Waals surface area contributed by atoms with E-state index in [1.807, 2.05) is 6.07 Å². The second-order valence-electron chi connectivity index (χ2n) is 4.63. The smallest absolute Gasteiger partial charge is 0.138 e. The highest BCUT2D eigenvalue weighted by Crippen LogP contribution is 2.33. The predicted molar refractivity (Wildman–Crippen MR) is 70.5 cm³/mol. The van der Waals surface area contributed by atoms with E-state index in [2.05, 4.69) is 0 Å². The number of benzene rings is 1. The minimum atomic E-state index is 0.0143. The molecule has 0 spiro atoms. The molecular formula is C13H15Cl2NO. The minimum absolute atomic E-state index is 0.0143. The molecule has 0 saturated heterocycles. The fourth-order valence-corrected chi connectivity index (χ4v) is 2.31. The molecule has 2 rings (SSSR count). The quantitative estimate of drug-likeness (QED) is 0.894. The molecule has 1 aromatic carbocycles. The number of rotatable bonds is 5. The van der Waals surface area contributed by atoms with Gasteiger partial charge in [-0.05, 0) is 30.4 Å². The lowest BCUT2D eigenvalue weighted by Gasteiger charge is -2.10. The zero-order valence-corrected chi connectivity index (χ0v) is 11.0. The number of carbonyl (C=O) groups excluding carboxylic acids is 1. The summed E-state index contributed by atoms with van der Waals surface area (Å²) in [4.78, 5) is 11.8. The number of hydrogen-bond donors (Lipinski definition) is 1. The molecule has 1 saturated carbocycles. The van der Waals surface area contributed by atoms with Gasteiger partial charge in [-0.25, -0.2) is 0 Å². The topological polar surface area (TPSA) is 43.1 Å². The molecule has 0 aliphatic heterocycles. The maximum Gasteiger partial charge on any atom is 0.138 e. The third-order valence-electron chi connectivity index (χ3n) is 3.11. The van der Waals surface area contributed by atoms with Crippen molar-refractivity contribution >= 4 is 29.0 Å². The first kappa shape index (κ1) is 12.9. The van der Waals surface area contributed by atoms with Crippen molar-refractivity contribution in [2.45, 2.75) is 31.7 Å². The van der Waals surface area contributed by atoms with Gasteiger partial charge in [-0.15, -0.1) is 0 Å². The van der Waals surface area contributed by atoms with Gasteiger partial charge < -0.3 is 5.73 Å². The molecule has 92 valence electrons. The Balaban J connectivity index is 1.95. The predicted octanol–water partition coefficient (Wildman–Crippen LogP) is 3.23. The van der Waals surface area contributed by atoms with Gasteiger partial charge in [-0.1, -0.05) is 35.3 Å². The van der Waals surface area contributed by atoms with Crippen LogP contribution in [0.5, 0.6) is 0 Å². The molecule has 0 aromatic heterocycles. The first-order valence-electron chi connectivity index (χ1n) is 5.78. The normalized spacial score (nSPS) is 16.9. The molecular weight excluding hydrogens is 257 g/mol. The zero-order valence-electron chi connectivity index (χ0n) is 9.46. The molecule has 0 bridgehead atoms. The minimum Gasteiger partial charge on any atom is -0.327 e. The van der Waals surface area contributed by atoms with E-state index >= 15 is 0 Å². The lowest BCUT2D eigenvalue weighted by atomic mass is 10.0. The summed E-state index contributed by atoms with van der Waals surface area (Å²) < 4.78 is 0. The van der Waals surface area contributed by atoms with E-state index in [9.17, 15) is 4.79 Å². The van der Waals surface area contributed by atoms with Crippen molar-refractivity contribution in [2.75, 3.05) is 0 Å². The Morgan fingerprint density at radius 2 is 2.12 bits per heavy atom. The van der Waals surface area contributed by atoms with Crippen molar-refractivity contribution in [3.8, 4) is 0 Å². The van der Waals surface area contributed by atoms with Gasteiger partial charge in [0, 0.05) is 18.9 Å². The Labute approximate surface area is 111 Å². The van der Waals surface area contributed by atoms with Gasteiger partial charge in [0.15, 0.2) is 0 Å². The molecule has 17 heavy (non-hydrogen) atoms. The second-order valence-corrected chi connectivity index (χ2v) is 5.42. The molecule has 2 N–H and O–H groups in total. The van der Waals surface area contributed by atoms with Gasteiger partial charge >= 0.3 is 0 Å². The fraction of sp³-hybridized carbons (Fsp3) is 0.462. The number of nitrogens with two attached hydrogens (primary N) is 1. The van der Waals surface area contributed by atoms with Crippen LogP contribution in [0.4, 0.5) is 0 Å². The molecule has 1 aromatic rings. The molecule has 0 heterocycles. The maximum atomic E-state index is 11.8. The number of halogens is 2. The molecule has 1 unspecified atom stereocenters. The average Bonchev–Trinajstić information content (AvgIpc) is 3.08. The van der Waals surface area contributed by atoms with Gasteiger partial charge in [0.2, 0.25) is 0 Å². The molecule has 4 heteroatoms. The number of carbonyl (C=O) groups is 1. The van der Waals surface area contributed by atoms with Crippen molar-refractivity contribution in [3.63, 3.8) is 0 Å². The summed E-state index contributed by atoms with van der Waals surface area (Å²) in [5, 5.41) is 0.964. The summed E-state index contributed by atoms with van der Waals surface area (Å²) in [5.41, 5.74) is 6.71. The summed E-state index contributed by atoms with van der Waals surface area (Å²) in [6.45, 7) is 0. The summed E-state index contributed by atoms with van der Waals surface area (Å²) >= 11 is 11.9. The number of Topliss-reactive ketones (excluding diaryl/α,β-unsaturated/α-hetero) is 1. The van der Waals surface area contributed by atoms with Crippen LogP contribution < -0.4 is 5.73 Å². The summed E-state index contributed by atoms with van der Waals surface area (Å²) in [6.07, 6.45) is 3.08. The third-order valence-corrected chi connectivity index (χ3v) is 3.97. The van der Waals surface area contributed by atoms with Crippen molar-refractivity contribution in [2.24, 2.45) is 11.7 Å². The highest BCUT2D eigenvalue weighted by molar-refractivity contribution is 6.42. The highest BCUT2D eigenvalue weighted by Gasteiger charge is 2.29. The summed E-state index contributed by atoms with van der Waals surface area (Å²) in [5.74, 6) is 0.683. The Kier molecular flexibility index (Phi) is 4.08. The van der Waals surface area contributed by atoms with E-state index < -0.39 is 0 Å². The summed E-state index contributed by atoms with van der Waals surface area (Å²) in [6, 6.07) is 5.36. The van der Waals surface area contributed by atoms with Crippen molar-refractivity contribution in [1.29, 1.82) is 0 Å². The fourth-order valence-electron chi connectivity index (χ4n) is 1.92. The van der Waals surface area contributed by atoms with Crippen LogP contribution in [0, 0.1) is 5.92 Å². The van der Waals surface area contributed by atoms with Crippen LogP contribution in [-0.4, -0.2) is 11.8 Å². The monoisotopic (exact) mass is 271 g/mol. The van der Waals surface area contributed by atoms with E-state index in [1.165, 1.54) is 0 Å². The Hall–Kier alpha value is -0.570. The highest BCUT2D eigenvalue weighted by atomic mass is 35.5. The third kappa shape index (κ3) is 3.44. The van der Waals surface area contributed by atoms with Crippen LogP contribution in [0.15, 0.2) is 18.2 Å². The van der Waals surface area contributed by atoms with Gasteiger partial charge in [0.05, 0.1) is 10.0 Å². The lowest BCUT2D eigenvalue weighted by molar-refractivity contribution is -0.118. The molecule has 0 radical (unpaired) electrons. The first-order chi connectivity index (χ1) is 8.08. The van der Waals surface area contributed by atoms with Crippen LogP contribution in [0.25, 0.3) is 0 Å². The Bertz CT molecular complexity index is 429. The van der Waals surface area contributed by atoms with E-state index in [0.717, 1.165) is 18.4 Å². The lowest BCUT2D eigenvalue weighted by Crippen LogP contribution is -2.26. The molecule has 1 aliphatic rings. The average molecular weight is 272 g/mol. The second kappa shape index (κ2) is 5.38. The first-order valence-corrected chi connectivity index (χ1v) is 6.53. The van der Waals surface area contributed by atoms with Crippen LogP contribution in [0.2, 0.25) is 10.0 Å². The summed E-state index contributed by atoms with van der Waals surface area (Å²) in [7, 11) is 0. The largest absolute Gasteiger partial charge is 0.327 e. The zero-order chi connectivity index (χ0) is 12.4. The van der Waals surface area contributed by atoms with Crippen molar-refractivity contribution in [1.82, 2.24) is 0 Å². The Morgan fingerprint density at radius 1 is 1.41 bits per heavy atom. The van der Waals surface area contributed by atoms with Gasteiger partial charge in [0.25, 0.3) is 0 Å². The molecule has 1 fully saturated rings. The SMILES string of the molecule is NC(CC(=O)Cc1cccc(Cl)c1Cl)C1CC1. The van der Waals surface area contributed by atoms with Crippen LogP contribution in [0.3, 0.4) is 0 Å². The van der Waals surface area contributed by atoms with Crippen molar-refractivity contribution < 1.29 is 4.79 Å². The number of hydrogen-bond acceptors (Lipinski definition) is 2. The standard InChI is InChI=1S/C13H15Cl2NO/c14-11-3-1-2-9(13(11)15)6-10(17)7-12(16)8-4-5-8/h1-3,8,12H,4-7,16H2. The van der Waals surface area contributed by atoms with Crippen molar-refractivity contribution in [3.05, 3.63) is 33.8 Å². The Morgan fingerprint density at radius 3 is 2.76 bits per heavy atom. The van der Waals surface area contributed by atoms with Crippen LogP contribution in [-0.2, 0) is 11.2 Å². The van der Waals surface area contributed by atoms with Gasteiger partial charge in [0.1, 0.15) is 5.78 Å². The van der Waals surface area contributed by atoms with Crippen LogP contribution >= 0.6 is 23.2 Å². The van der Waals surface area contributed by atoms with Gasteiger partial charge in [-0.2, -0.15) is 0 Å². The van der Waals surface area contributed by atoms with Gasteiger partial charge in [-0.3, -0.25) is 4.79 Å². The number of ketones is 1. The van der Waals surface area contributed by atoms with E-state index in [-0.39, 0.29) is 11.8 Å². The molecule has 2 nitrogen and oxygen atoms in total. The van der Waals surface area contributed by atoms with E-state index in [0.29, 0.717) is 28.8 Å². The molecule has 0 amide bonds. The molecule has 1 aliphatic carbocycles. The maximum absolute atomic E-state index is 11.8.